The van der Waals surface area contributed by atoms with E-state index in [-0.39, 0.29) is 5.92 Å². The summed E-state index contributed by atoms with van der Waals surface area (Å²) in [7, 11) is 1.33. The van der Waals surface area contributed by atoms with Gasteiger partial charge in [0.1, 0.15) is 11.4 Å². The van der Waals surface area contributed by atoms with Gasteiger partial charge in [0.2, 0.25) is 0 Å². The molecule has 1 aliphatic rings. The zero-order valence-corrected chi connectivity index (χ0v) is 10.7. The number of piperidine rings is 1. The van der Waals surface area contributed by atoms with Crippen molar-refractivity contribution in [1.82, 2.24) is 4.98 Å². The Morgan fingerprint density at radius 3 is 2.68 bits per heavy atom. The second-order valence-corrected chi connectivity index (χ2v) is 4.47. The molecule has 19 heavy (non-hydrogen) atoms. The Morgan fingerprint density at radius 1 is 1.42 bits per heavy atom. The van der Waals surface area contributed by atoms with Gasteiger partial charge >= 0.3 is 11.9 Å². The van der Waals surface area contributed by atoms with E-state index >= 15 is 0 Å². The van der Waals surface area contributed by atoms with Crippen LogP contribution in [0.25, 0.3) is 0 Å². The molecule has 0 spiro atoms. The zero-order chi connectivity index (χ0) is 13.8. The van der Waals surface area contributed by atoms with Gasteiger partial charge in [0.15, 0.2) is 0 Å². The number of pyridine rings is 1. The Morgan fingerprint density at radius 2 is 2.11 bits per heavy atom. The molecule has 2 heterocycles. The van der Waals surface area contributed by atoms with Crippen molar-refractivity contribution in [2.45, 2.75) is 12.8 Å². The van der Waals surface area contributed by atoms with Crippen molar-refractivity contribution in [3.8, 4) is 0 Å². The van der Waals surface area contributed by atoms with Crippen molar-refractivity contribution < 1.29 is 19.4 Å². The first-order valence-corrected chi connectivity index (χ1v) is 6.14. The Labute approximate surface area is 111 Å². The molecule has 1 fully saturated rings. The van der Waals surface area contributed by atoms with Crippen molar-refractivity contribution in [1.29, 1.82) is 0 Å². The molecule has 0 radical (unpaired) electrons. The molecule has 1 aromatic heterocycles. The van der Waals surface area contributed by atoms with E-state index in [2.05, 4.69) is 4.98 Å². The van der Waals surface area contributed by atoms with E-state index in [1.54, 1.807) is 18.3 Å². The van der Waals surface area contributed by atoms with E-state index in [0.29, 0.717) is 37.3 Å². The molecule has 0 atom stereocenters. The van der Waals surface area contributed by atoms with Gasteiger partial charge in [-0.3, -0.25) is 4.79 Å². The molecular weight excluding hydrogens is 248 g/mol. The van der Waals surface area contributed by atoms with Crippen LogP contribution < -0.4 is 4.90 Å². The minimum atomic E-state index is -0.756. The highest BCUT2D eigenvalue weighted by atomic mass is 16.5. The van der Waals surface area contributed by atoms with Crippen molar-refractivity contribution in [2.75, 3.05) is 25.1 Å². The summed E-state index contributed by atoms with van der Waals surface area (Å²) >= 11 is 0. The zero-order valence-electron chi connectivity index (χ0n) is 10.7. The monoisotopic (exact) mass is 264 g/mol. The highest BCUT2D eigenvalue weighted by Crippen LogP contribution is 2.24. The number of rotatable bonds is 3. The first kappa shape index (κ1) is 13.3. The van der Waals surface area contributed by atoms with E-state index in [4.69, 9.17) is 9.84 Å². The molecule has 0 bridgehead atoms. The number of aromatic nitrogens is 1. The van der Waals surface area contributed by atoms with Gasteiger partial charge in [0.25, 0.3) is 0 Å². The fourth-order valence-electron chi connectivity index (χ4n) is 2.26. The number of hydrogen-bond donors (Lipinski definition) is 1. The van der Waals surface area contributed by atoms with Gasteiger partial charge in [-0.2, -0.15) is 0 Å². The van der Waals surface area contributed by atoms with Crippen LogP contribution in [0.2, 0.25) is 0 Å². The molecule has 2 rings (SSSR count). The molecule has 102 valence electrons. The first-order chi connectivity index (χ1) is 9.13. The number of ether oxygens (including phenoxy) is 1. The second-order valence-electron chi connectivity index (χ2n) is 4.47. The number of nitrogens with zero attached hydrogens (tertiary/aromatic N) is 2. The summed E-state index contributed by atoms with van der Waals surface area (Å²) in [5, 5.41) is 8.97. The van der Waals surface area contributed by atoms with Gasteiger partial charge in [-0.15, -0.1) is 0 Å². The van der Waals surface area contributed by atoms with Crippen LogP contribution in [0.3, 0.4) is 0 Å². The Kier molecular flexibility index (Phi) is 3.99. The Balaban J connectivity index is 2.15. The number of carbonyl (C=O) groups is 2. The quantitative estimate of drug-likeness (QED) is 0.825. The van der Waals surface area contributed by atoms with Crippen LogP contribution in [-0.4, -0.2) is 42.2 Å². The minimum Gasteiger partial charge on any atom is -0.481 e. The molecule has 1 aromatic rings. The molecule has 0 saturated carbocycles. The number of carboxylic acids is 1. The lowest BCUT2D eigenvalue weighted by molar-refractivity contribution is -0.142. The van der Waals surface area contributed by atoms with Gasteiger partial charge < -0.3 is 14.7 Å². The summed E-state index contributed by atoms with van der Waals surface area (Å²) in [6.45, 7) is 1.16. The third-order valence-electron chi connectivity index (χ3n) is 3.34. The van der Waals surface area contributed by atoms with Crippen LogP contribution >= 0.6 is 0 Å². The maximum Gasteiger partial charge on any atom is 0.341 e. The SMILES string of the molecule is COC(=O)c1cccnc1N1CCC(C(=O)O)CC1. The van der Waals surface area contributed by atoms with E-state index < -0.39 is 11.9 Å². The summed E-state index contributed by atoms with van der Waals surface area (Å²) < 4.78 is 4.73. The molecule has 0 aromatic carbocycles. The predicted molar refractivity (Wildman–Crippen MR) is 68.1 cm³/mol. The topological polar surface area (TPSA) is 79.7 Å². The smallest absolute Gasteiger partial charge is 0.341 e. The molecule has 6 nitrogen and oxygen atoms in total. The van der Waals surface area contributed by atoms with Crippen molar-refractivity contribution in [3.63, 3.8) is 0 Å². The number of carboxylic acid groups (broad SMARTS) is 1. The highest BCUT2D eigenvalue weighted by Gasteiger charge is 2.27. The van der Waals surface area contributed by atoms with Crippen molar-refractivity contribution in [2.24, 2.45) is 5.92 Å². The van der Waals surface area contributed by atoms with Crippen LogP contribution in [0.4, 0.5) is 5.82 Å². The maximum atomic E-state index is 11.7. The van der Waals surface area contributed by atoms with Gasteiger partial charge in [-0.05, 0) is 25.0 Å². The van der Waals surface area contributed by atoms with Crippen molar-refractivity contribution >= 4 is 17.8 Å². The lowest BCUT2D eigenvalue weighted by Crippen LogP contribution is -2.37. The van der Waals surface area contributed by atoms with E-state index in [0.717, 1.165) is 0 Å². The van der Waals surface area contributed by atoms with Crippen LogP contribution in [0, 0.1) is 5.92 Å². The summed E-state index contributed by atoms with van der Waals surface area (Å²) in [6.07, 6.45) is 2.74. The van der Waals surface area contributed by atoms with Gasteiger partial charge in [-0.25, -0.2) is 9.78 Å². The van der Waals surface area contributed by atoms with Crippen LogP contribution in [-0.2, 0) is 9.53 Å². The summed E-state index contributed by atoms with van der Waals surface area (Å²) in [5.74, 6) is -0.919. The Hall–Kier alpha value is -2.11. The lowest BCUT2D eigenvalue weighted by atomic mass is 9.97. The number of aliphatic carboxylic acids is 1. The van der Waals surface area contributed by atoms with Gasteiger partial charge in [0, 0.05) is 19.3 Å². The first-order valence-electron chi connectivity index (χ1n) is 6.14. The van der Waals surface area contributed by atoms with E-state index in [1.807, 2.05) is 4.90 Å². The standard InChI is InChI=1S/C13H16N2O4/c1-19-13(18)10-3-2-6-14-11(10)15-7-4-9(5-8-15)12(16)17/h2-3,6,9H,4-5,7-8H2,1H3,(H,16,17). The molecule has 0 unspecified atom stereocenters. The normalized spacial score (nSPS) is 16.2. The van der Waals surface area contributed by atoms with E-state index in [9.17, 15) is 9.59 Å². The van der Waals surface area contributed by atoms with Crippen LogP contribution in [0.15, 0.2) is 18.3 Å². The third kappa shape index (κ3) is 2.83. The minimum absolute atomic E-state index is 0.304. The number of esters is 1. The molecule has 1 N–H and O–H groups in total. The summed E-state index contributed by atoms with van der Waals surface area (Å²) in [4.78, 5) is 28.7. The average Bonchev–Trinajstić information content (AvgIpc) is 2.46. The Bertz CT molecular complexity index is 481. The van der Waals surface area contributed by atoms with Crippen molar-refractivity contribution in [3.05, 3.63) is 23.9 Å². The molecular formula is C13H16N2O4. The number of hydrogen-bond acceptors (Lipinski definition) is 5. The lowest BCUT2D eigenvalue weighted by Gasteiger charge is -2.31. The number of anilines is 1. The fraction of sp³-hybridized carbons (Fsp3) is 0.462. The number of methoxy groups -OCH3 is 1. The van der Waals surface area contributed by atoms with Crippen LogP contribution in [0.5, 0.6) is 0 Å². The number of carbonyl (C=O) groups excluding carboxylic acids is 1. The van der Waals surface area contributed by atoms with E-state index in [1.165, 1.54) is 7.11 Å². The second kappa shape index (κ2) is 5.69. The predicted octanol–water partition coefficient (Wildman–Crippen LogP) is 1.17. The van der Waals surface area contributed by atoms with Gasteiger partial charge in [0.05, 0.1) is 13.0 Å². The molecule has 1 saturated heterocycles. The van der Waals surface area contributed by atoms with Crippen LogP contribution in [0.1, 0.15) is 23.2 Å². The maximum absolute atomic E-state index is 11.7. The molecule has 1 aliphatic heterocycles. The highest BCUT2D eigenvalue weighted by molar-refractivity contribution is 5.94. The molecule has 0 amide bonds. The molecule has 0 aliphatic carbocycles. The van der Waals surface area contributed by atoms with Gasteiger partial charge in [-0.1, -0.05) is 0 Å². The average molecular weight is 264 g/mol. The summed E-state index contributed by atoms with van der Waals surface area (Å²) in [5.41, 5.74) is 0.416. The fourth-order valence-corrected chi connectivity index (χ4v) is 2.26. The largest absolute Gasteiger partial charge is 0.481 e. The third-order valence-corrected chi connectivity index (χ3v) is 3.34. The summed E-state index contributed by atoms with van der Waals surface area (Å²) in [6, 6.07) is 3.34. The molecule has 6 heteroatoms.